The molecule has 0 saturated heterocycles. The van der Waals surface area contributed by atoms with E-state index >= 15 is 0 Å². The molecule has 0 bridgehead atoms. The third-order valence-electron chi connectivity index (χ3n) is 4.72. The van der Waals surface area contributed by atoms with E-state index in [-0.39, 0.29) is 35.7 Å². The first kappa shape index (κ1) is 28.1. The Bertz CT molecular complexity index is 374. The molecule has 1 N–H and O–H groups in total. The number of hydrogen-bond donors (Lipinski definition) is 1. The Labute approximate surface area is 178 Å². The van der Waals surface area contributed by atoms with Crippen LogP contribution in [0.25, 0.3) is 0 Å². The van der Waals surface area contributed by atoms with Crippen LogP contribution < -0.4 is 29.6 Å². The SMILES string of the molecule is CCCCCCCCCC(CCCCCC(O)CCC)S(=O)(=O)[O-].[Na+]. The van der Waals surface area contributed by atoms with Crippen LogP contribution in [-0.4, -0.2) is 29.4 Å². The summed E-state index contributed by atoms with van der Waals surface area (Å²) < 4.78 is 34.2. The van der Waals surface area contributed by atoms with E-state index in [1.54, 1.807) is 0 Å². The monoisotopic (exact) mass is 386 g/mol. The molecule has 4 nitrogen and oxygen atoms in total. The third-order valence-corrected chi connectivity index (χ3v) is 6.01. The zero-order valence-corrected chi connectivity index (χ0v) is 19.7. The van der Waals surface area contributed by atoms with Crippen LogP contribution in [-0.2, 0) is 10.1 Å². The number of aliphatic hydroxyl groups is 1. The maximum absolute atomic E-state index is 11.4. The molecule has 2 atom stereocenters. The van der Waals surface area contributed by atoms with E-state index in [9.17, 15) is 18.1 Å². The molecular weight excluding hydrogens is 347 g/mol. The van der Waals surface area contributed by atoms with Gasteiger partial charge in [0.05, 0.1) is 16.2 Å². The minimum Gasteiger partial charge on any atom is -0.748 e. The molecule has 2 unspecified atom stereocenters. The summed E-state index contributed by atoms with van der Waals surface area (Å²) >= 11 is 0. The van der Waals surface area contributed by atoms with Crippen molar-refractivity contribution in [3.8, 4) is 0 Å². The van der Waals surface area contributed by atoms with Gasteiger partial charge in [0.25, 0.3) is 0 Å². The topological polar surface area (TPSA) is 77.4 Å². The van der Waals surface area contributed by atoms with Crippen molar-refractivity contribution in [2.24, 2.45) is 0 Å². The van der Waals surface area contributed by atoms with Crippen LogP contribution in [0.15, 0.2) is 0 Å². The minimum absolute atomic E-state index is 0. The molecule has 0 aliphatic carbocycles. The predicted octanol–water partition coefficient (Wildman–Crippen LogP) is 2.16. The molecule has 0 spiro atoms. The van der Waals surface area contributed by atoms with Crippen molar-refractivity contribution < 1.29 is 47.6 Å². The van der Waals surface area contributed by atoms with E-state index in [4.69, 9.17) is 0 Å². The first-order valence-corrected chi connectivity index (χ1v) is 11.5. The maximum atomic E-state index is 11.4. The van der Waals surface area contributed by atoms with Crippen molar-refractivity contribution in [2.45, 2.75) is 122 Å². The van der Waals surface area contributed by atoms with Crippen LogP contribution in [0.1, 0.15) is 110 Å². The molecule has 146 valence electrons. The quantitative estimate of drug-likeness (QED) is 0.236. The molecule has 0 aliphatic heterocycles. The van der Waals surface area contributed by atoms with Crippen molar-refractivity contribution in [2.75, 3.05) is 0 Å². The Kier molecular flexibility index (Phi) is 20.5. The smallest absolute Gasteiger partial charge is 0.748 e. The van der Waals surface area contributed by atoms with Gasteiger partial charge in [0.1, 0.15) is 0 Å². The van der Waals surface area contributed by atoms with Gasteiger partial charge in [0, 0.05) is 5.25 Å². The van der Waals surface area contributed by atoms with E-state index in [0.29, 0.717) is 12.8 Å². The number of rotatable bonds is 17. The van der Waals surface area contributed by atoms with Crippen molar-refractivity contribution in [3.05, 3.63) is 0 Å². The Hall–Kier alpha value is 0.870. The summed E-state index contributed by atoms with van der Waals surface area (Å²) in [6.07, 6.45) is 13.9. The zero-order valence-electron chi connectivity index (χ0n) is 16.8. The van der Waals surface area contributed by atoms with Crippen molar-refractivity contribution >= 4 is 10.1 Å². The maximum Gasteiger partial charge on any atom is 1.00 e. The Balaban J connectivity index is 0. The minimum atomic E-state index is -4.18. The van der Waals surface area contributed by atoms with Gasteiger partial charge in [-0.25, -0.2) is 8.42 Å². The molecule has 0 saturated carbocycles. The van der Waals surface area contributed by atoms with E-state index in [2.05, 4.69) is 13.8 Å². The Morgan fingerprint density at radius 3 is 1.64 bits per heavy atom. The molecule has 0 amide bonds. The van der Waals surface area contributed by atoms with Crippen LogP contribution in [0.3, 0.4) is 0 Å². The fourth-order valence-electron chi connectivity index (χ4n) is 3.17. The summed E-state index contributed by atoms with van der Waals surface area (Å²) in [5, 5.41) is 8.95. The van der Waals surface area contributed by atoms with Gasteiger partial charge in [-0.2, -0.15) is 0 Å². The molecule has 0 aliphatic rings. The fourth-order valence-corrected chi connectivity index (χ4v) is 4.08. The first-order chi connectivity index (χ1) is 11.4. The van der Waals surface area contributed by atoms with E-state index in [0.717, 1.165) is 57.8 Å². The average molecular weight is 387 g/mol. The second-order valence-corrected chi connectivity index (χ2v) is 8.76. The summed E-state index contributed by atoms with van der Waals surface area (Å²) in [5.74, 6) is 0. The molecule has 25 heavy (non-hydrogen) atoms. The van der Waals surface area contributed by atoms with E-state index < -0.39 is 15.4 Å². The molecule has 0 aromatic carbocycles. The zero-order chi connectivity index (χ0) is 18.3. The second-order valence-electron chi connectivity index (χ2n) is 7.11. The van der Waals surface area contributed by atoms with Crippen LogP contribution >= 0.6 is 0 Å². The number of unbranched alkanes of at least 4 members (excludes halogenated alkanes) is 8. The van der Waals surface area contributed by atoms with Gasteiger partial charge >= 0.3 is 29.6 Å². The van der Waals surface area contributed by atoms with Crippen molar-refractivity contribution in [1.29, 1.82) is 0 Å². The average Bonchev–Trinajstić information content (AvgIpc) is 2.50. The largest absolute Gasteiger partial charge is 1.00 e. The van der Waals surface area contributed by atoms with Gasteiger partial charge < -0.3 is 9.66 Å². The third kappa shape index (κ3) is 18.0. The Morgan fingerprint density at radius 2 is 1.16 bits per heavy atom. The first-order valence-electron chi connectivity index (χ1n) is 10.0. The summed E-state index contributed by atoms with van der Waals surface area (Å²) in [5.41, 5.74) is 0. The molecule has 0 radical (unpaired) electrons. The van der Waals surface area contributed by atoms with Crippen molar-refractivity contribution in [3.63, 3.8) is 0 Å². The Morgan fingerprint density at radius 1 is 0.720 bits per heavy atom. The molecule has 0 fully saturated rings. The summed E-state index contributed by atoms with van der Waals surface area (Å²) in [6, 6.07) is 0. The van der Waals surface area contributed by atoms with Crippen LogP contribution in [0, 0.1) is 0 Å². The van der Waals surface area contributed by atoms with Gasteiger partial charge in [-0.1, -0.05) is 84.5 Å². The summed E-state index contributed by atoms with van der Waals surface area (Å²) in [6.45, 7) is 4.24. The molecule has 0 rings (SSSR count). The van der Waals surface area contributed by atoms with Gasteiger partial charge in [-0.3, -0.25) is 0 Å². The van der Waals surface area contributed by atoms with Gasteiger partial charge in [-0.05, 0) is 25.7 Å². The van der Waals surface area contributed by atoms with Crippen LogP contribution in [0.5, 0.6) is 0 Å². The number of aliphatic hydroxyl groups excluding tert-OH is 1. The van der Waals surface area contributed by atoms with E-state index in [1.165, 1.54) is 25.7 Å². The summed E-state index contributed by atoms with van der Waals surface area (Å²) in [7, 11) is -4.18. The normalized spacial score (nSPS) is 14.1. The van der Waals surface area contributed by atoms with E-state index in [1.807, 2.05) is 0 Å². The van der Waals surface area contributed by atoms with Crippen molar-refractivity contribution in [1.82, 2.24) is 0 Å². The fraction of sp³-hybridized carbons (Fsp3) is 1.00. The number of hydrogen-bond acceptors (Lipinski definition) is 4. The van der Waals surface area contributed by atoms with Gasteiger partial charge in [-0.15, -0.1) is 0 Å². The molecule has 0 aromatic heterocycles. The van der Waals surface area contributed by atoms with Gasteiger partial charge in [0.15, 0.2) is 0 Å². The van der Waals surface area contributed by atoms with Crippen LogP contribution in [0.2, 0.25) is 0 Å². The molecule has 0 aromatic rings. The molecule has 0 heterocycles. The van der Waals surface area contributed by atoms with Crippen LogP contribution in [0.4, 0.5) is 0 Å². The summed E-state index contributed by atoms with van der Waals surface area (Å²) in [4.78, 5) is 0. The second kappa shape index (κ2) is 18.2. The van der Waals surface area contributed by atoms with Gasteiger partial charge in [0.2, 0.25) is 0 Å². The molecule has 6 heteroatoms. The molecular formula is C19H39NaO4S. The predicted molar refractivity (Wildman–Crippen MR) is 100 cm³/mol. The standard InChI is InChI=1S/C19H40O4S.Na/c1-3-5-6-7-8-9-12-16-19(24(21,22)23)17-13-10-11-15-18(20)14-4-2;/h18-20H,3-17H2,1-2H3,(H,21,22,23);/q;+1/p-1.